The highest BCUT2D eigenvalue weighted by Crippen LogP contribution is 2.25. The number of rotatable bonds is 5. The van der Waals surface area contributed by atoms with Crippen LogP contribution in [0.2, 0.25) is 10.0 Å². The highest BCUT2D eigenvalue weighted by molar-refractivity contribution is 6.33. The van der Waals surface area contributed by atoms with E-state index in [1.54, 1.807) is 24.3 Å². The maximum atomic E-state index is 12.7. The quantitative estimate of drug-likeness (QED) is 0.623. The fraction of sp³-hybridized carbons (Fsp3) is 0.286. The van der Waals surface area contributed by atoms with E-state index < -0.39 is 0 Å². The summed E-state index contributed by atoms with van der Waals surface area (Å²) in [6.45, 7) is 2.03. The summed E-state index contributed by atoms with van der Waals surface area (Å²) >= 11 is 12.1. The second-order valence-corrected chi connectivity index (χ2v) is 7.91. The van der Waals surface area contributed by atoms with Gasteiger partial charge in [-0.05, 0) is 55.8 Å². The van der Waals surface area contributed by atoms with Crippen LogP contribution in [0.4, 0.5) is 5.69 Å². The Bertz CT molecular complexity index is 990. The molecule has 8 heteroatoms. The van der Waals surface area contributed by atoms with Crippen molar-refractivity contribution in [3.05, 3.63) is 64.5 Å². The van der Waals surface area contributed by atoms with Gasteiger partial charge in [0.2, 0.25) is 17.6 Å². The van der Waals surface area contributed by atoms with Crippen LogP contribution in [0.15, 0.2) is 53.1 Å². The summed E-state index contributed by atoms with van der Waals surface area (Å²) in [6.07, 6.45) is 1.77. The summed E-state index contributed by atoms with van der Waals surface area (Å²) in [5, 5.41) is 8.18. The molecule has 2 heterocycles. The predicted molar refractivity (Wildman–Crippen MR) is 113 cm³/mol. The van der Waals surface area contributed by atoms with Gasteiger partial charge >= 0.3 is 0 Å². The van der Waals surface area contributed by atoms with E-state index in [4.69, 9.17) is 27.7 Å². The van der Waals surface area contributed by atoms with Gasteiger partial charge in [0.15, 0.2) is 0 Å². The third kappa shape index (κ3) is 4.96. The molecule has 1 atom stereocenters. The van der Waals surface area contributed by atoms with Gasteiger partial charge in [0.1, 0.15) is 0 Å². The van der Waals surface area contributed by atoms with Crippen LogP contribution in [0.5, 0.6) is 0 Å². The number of halogens is 2. The standard InChI is InChI=1S/C21H20Cl2N4O2/c22-16-9-7-14(8-10-16)20-25-19(29-26-20)13-27-11-3-4-15(12-27)21(28)24-18-6-2-1-5-17(18)23/h1-2,5-10,15H,3-4,11-13H2,(H,24,28). The maximum absolute atomic E-state index is 12.7. The molecule has 3 aromatic rings. The van der Waals surface area contributed by atoms with Gasteiger partial charge in [0.25, 0.3) is 0 Å². The van der Waals surface area contributed by atoms with E-state index in [1.807, 2.05) is 24.3 Å². The van der Waals surface area contributed by atoms with Crippen LogP contribution < -0.4 is 5.32 Å². The molecule has 0 saturated carbocycles. The molecule has 0 aliphatic carbocycles. The van der Waals surface area contributed by atoms with Gasteiger partial charge in [-0.25, -0.2) is 0 Å². The fourth-order valence-corrected chi connectivity index (χ4v) is 3.75. The van der Waals surface area contributed by atoms with Crippen molar-refractivity contribution >= 4 is 34.8 Å². The van der Waals surface area contributed by atoms with Crippen molar-refractivity contribution < 1.29 is 9.32 Å². The number of hydrogen-bond acceptors (Lipinski definition) is 5. The van der Waals surface area contributed by atoms with Crippen molar-refractivity contribution in [1.82, 2.24) is 15.0 Å². The van der Waals surface area contributed by atoms with Crippen LogP contribution in [0.1, 0.15) is 18.7 Å². The molecule has 2 aromatic carbocycles. The molecule has 6 nitrogen and oxygen atoms in total. The largest absolute Gasteiger partial charge is 0.338 e. The first kappa shape index (κ1) is 19.9. The first-order valence-electron chi connectivity index (χ1n) is 9.45. The molecule has 0 spiro atoms. The number of nitrogens with zero attached hydrogens (tertiary/aromatic N) is 3. The lowest BCUT2D eigenvalue weighted by Gasteiger charge is -2.30. The number of nitrogens with one attached hydrogen (secondary N) is 1. The topological polar surface area (TPSA) is 71.3 Å². The van der Waals surface area contributed by atoms with Gasteiger partial charge < -0.3 is 9.84 Å². The van der Waals surface area contributed by atoms with Crippen LogP contribution >= 0.6 is 23.2 Å². The number of aromatic nitrogens is 2. The lowest BCUT2D eigenvalue weighted by atomic mass is 9.97. The molecule has 4 rings (SSSR count). The number of carbonyl (C=O) groups excluding carboxylic acids is 1. The summed E-state index contributed by atoms with van der Waals surface area (Å²) in [5.41, 5.74) is 1.49. The smallest absolute Gasteiger partial charge is 0.241 e. The van der Waals surface area contributed by atoms with Crippen LogP contribution in [-0.4, -0.2) is 34.0 Å². The van der Waals surface area contributed by atoms with Gasteiger partial charge in [-0.1, -0.05) is 40.5 Å². The van der Waals surface area contributed by atoms with E-state index in [9.17, 15) is 4.79 Å². The first-order chi connectivity index (χ1) is 14.1. The zero-order chi connectivity index (χ0) is 20.2. The molecule has 0 radical (unpaired) electrons. The highest BCUT2D eigenvalue weighted by Gasteiger charge is 2.27. The minimum atomic E-state index is -0.112. The number of piperidine rings is 1. The first-order valence-corrected chi connectivity index (χ1v) is 10.2. The molecular formula is C21H20Cl2N4O2. The Morgan fingerprint density at radius 3 is 2.76 bits per heavy atom. The number of amides is 1. The minimum Gasteiger partial charge on any atom is -0.338 e. The zero-order valence-corrected chi connectivity index (χ0v) is 17.2. The van der Waals surface area contributed by atoms with Crippen molar-refractivity contribution in [2.24, 2.45) is 5.92 Å². The molecule has 1 amide bonds. The lowest BCUT2D eigenvalue weighted by molar-refractivity contribution is -0.121. The van der Waals surface area contributed by atoms with Crippen molar-refractivity contribution in [3.63, 3.8) is 0 Å². The van der Waals surface area contributed by atoms with E-state index in [0.717, 1.165) is 24.9 Å². The van der Waals surface area contributed by atoms with Crippen molar-refractivity contribution in [1.29, 1.82) is 0 Å². The SMILES string of the molecule is O=C(Nc1ccccc1Cl)C1CCCN(Cc2nc(-c3ccc(Cl)cc3)no2)C1. The molecular weight excluding hydrogens is 411 g/mol. The van der Waals surface area contributed by atoms with E-state index in [1.165, 1.54) is 0 Å². The molecule has 1 aliphatic heterocycles. The molecule has 1 saturated heterocycles. The maximum Gasteiger partial charge on any atom is 0.241 e. The molecule has 1 unspecified atom stereocenters. The number of carbonyl (C=O) groups is 1. The molecule has 29 heavy (non-hydrogen) atoms. The van der Waals surface area contributed by atoms with Crippen LogP contribution in [0.3, 0.4) is 0 Å². The average molecular weight is 431 g/mol. The Morgan fingerprint density at radius 2 is 1.97 bits per heavy atom. The summed E-state index contributed by atoms with van der Waals surface area (Å²) in [6, 6.07) is 14.5. The van der Waals surface area contributed by atoms with Crippen molar-refractivity contribution in [3.8, 4) is 11.4 Å². The second-order valence-electron chi connectivity index (χ2n) is 7.06. The Morgan fingerprint density at radius 1 is 1.17 bits per heavy atom. The third-order valence-corrected chi connectivity index (χ3v) is 5.52. The summed E-state index contributed by atoms with van der Waals surface area (Å²) in [7, 11) is 0. The highest BCUT2D eigenvalue weighted by atomic mass is 35.5. The van der Waals surface area contributed by atoms with Crippen LogP contribution in [-0.2, 0) is 11.3 Å². The summed E-state index contributed by atoms with van der Waals surface area (Å²) in [5.74, 6) is 0.928. The molecule has 150 valence electrons. The van der Waals surface area contributed by atoms with Gasteiger partial charge in [0.05, 0.1) is 23.2 Å². The fourth-order valence-electron chi connectivity index (χ4n) is 3.44. The summed E-state index contributed by atoms with van der Waals surface area (Å²) in [4.78, 5) is 19.3. The van der Waals surface area contributed by atoms with E-state index in [0.29, 0.717) is 40.5 Å². The molecule has 0 bridgehead atoms. The Balaban J connectivity index is 1.37. The third-order valence-electron chi connectivity index (χ3n) is 4.94. The average Bonchev–Trinajstić information content (AvgIpc) is 3.19. The normalized spacial score (nSPS) is 17.2. The number of benzene rings is 2. The molecule has 1 aromatic heterocycles. The monoisotopic (exact) mass is 430 g/mol. The predicted octanol–water partition coefficient (Wildman–Crippen LogP) is 4.89. The van der Waals surface area contributed by atoms with Crippen molar-refractivity contribution in [2.75, 3.05) is 18.4 Å². The Kier molecular flexibility index (Phi) is 6.13. The van der Waals surface area contributed by atoms with Gasteiger partial charge in [0, 0.05) is 17.1 Å². The van der Waals surface area contributed by atoms with Crippen LogP contribution in [0, 0.1) is 5.92 Å². The molecule has 1 aliphatic rings. The van der Waals surface area contributed by atoms with E-state index >= 15 is 0 Å². The number of hydrogen-bond donors (Lipinski definition) is 1. The number of anilines is 1. The van der Waals surface area contributed by atoms with Gasteiger partial charge in [-0.2, -0.15) is 4.98 Å². The Labute approximate surface area is 178 Å². The van der Waals surface area contributed by atoms with E-state index in [-0.39, 0.29) is 11.8 Å². The summed E-state index contributed by atoms with van der Waals surface area (Å²) < 4.78 is 5.41. The zero-order valence-electron chi connectivity index (χ0n) is 15.6. The van der Waals surface area contributed by atoms with Gasteiger partial charge in [-0.3, -0.25) is 9.69 Å². The molecule has 1 N–H and O–H groups in total. The lowest BCUT2D eigenvalue weighted by Crippen LogP contribution is -2.40. The van der Waals surface area contributed by atoms with Gasteiger partial charge in [-0.15, -0.1) is 0 Å². The second kappa shape index (κ2) is 8.95. The van der Waals surface area contributed by atoms with E-state index in [2.05, 4.69) is 20.4 Å². The number of likely N-dealkylation sites (tertiary alicyclic amines) is 1. The molecule has 1 fully saturated rings. The minimum absolute atomic E-state index is 0.0183. The Hall–Kier alpha value is -2.41. The van der Waals surface area contributed by atoms with Crippen molar-refractivity contribution in [2.45, 2.75) is 19.4 Å². The van der Waals surface area contributed by atoms with Crippen LogP contribution in [0.25, 0.3) is 11.4 Å². The number of para-hydroxylation sites is 1.